The Bertz CT molecular complexity index is 491. The molecule has 0 aliphatic carbocycles. The van der Waals surface area contributed by atoms with Crippen molar-refractivity contribution in [3.63, 3.8) is 0 Å². The fourth-order valence-electron chi connectivity index (χ4n) is 3.35. The molecule has 0 saturated carbocycles. The third-order valence-electron chi connectivity index (χ3n) is 4.35. The van der Waals surface area contributed by atoms with Crippen molar-refractivity contribution in [1.29, 1.82) is 0 Å². The van der Waals surface area contributed by atoms with Crippen LogP contribution in [0.25, 0.3) is 0 Å². The van der Waals surface area contributed by atoms with E-state index in [1.807, 2.05) is 12.1 Å². The molecule has 4 heteroatoms. The Hall–Kier alpha value is -1.06. The molecule has 0 spiro atoms. The van der Waals surface area contributed by atoms with Gasteiger partial charge in [-0.1, -0.05) is 11.6 Å². The topological polar surface area (TPSA) is 23.6 Å². The number of fused-ring (bicyclic) bond motifs is 1. The molecule has 3 nitrogen and oxygen atoms in total. The van der Waals surface area contributed by atoms with Gasteiger partial charge in [-0.2, -0.15) is 0 Å². The van der Waals surface area contributed by atoms with Gasteiger partial charge >= 0.3 is 0 Å². The van der Waals surface area contributed by atoms with E-state index in [4.69, 9.17) is 11.6 Å². The number of nitrogens with zero attached hydrogens (tertiary/aromatic N) is 2. The Balaban J connectivity index is 1.86. The van der Waals surface area contributed by atoms with E-state index < -0.39 is 0 Å². The minimum atomic E-state index is 0.467. The predicted molar refractivity (Wildman–Crippen MR) is 78.2 cm³/mol. The van der Waals surface area contributed by atoms with E-state index >= 15 is 0 Å². The molecular formula is C15H19ClN2O. The van der Waals surface area contributed by atoms with Crippen LogP contribution in [0.5, 0.6) is 0 Å². The summed E-state index contributed by atoms with van der Waals surface area (Å²) in [4.78, 5) is 15.8. The molecule has 2 aliphatic heterocycles. The van der Waals surface area contributed by atoms with E-state index in [1.165, 1.54) is 19.4 Å². The van der Waals surface area contributed by atoms with E-state index in [2.05, 4.69) is 16.7 Å². The Morgan fingerprint density at radius 2 is 2.21 bits per heavy atom. The zero-order valence-corrected chi connectivity index (χ0v) is 11.9. The number of anilines is 1. The van der Waals surface area contributed by atoms with Crippen molar-refractivity contribution >= 4 is 23.6 Å². The van der Waals surface area contributed by atoms with Gasteiger partial charge in [0.15, 0.2) is 0 Å². The second kappa shape index (κ2) is 5.14. The number of piperazine rings is 1. The van der Waals surface area contributed by atoms with Gasteiger partial charge in [0.1, 0.15) is 6.29 Å². The van der Waals surface area contributed by atoms with Crippen molar-refractivity contribution in [3.8, 4) is 0 Å². The molecule has 2 aliphatic rings. The van der Waals surface area contributed by atoms with Crippen LogP contribution < -0.4 is 4.90 Å². The second-order valence-electron chi connectivity index (χ2n) is 5.62. The lowest BCUT2D eigenvalue weighted by molar-refractivity contribution is 0.112. The molecule has 2 heterocycles. The van der Waals surface area contributed by atoms with E-state index in [0.29, 0.717) is 22.7 Å². The van der Waals surface area contributed by atoms with E-state index in [-0.39, 0.29) is 0 Å². The number of hydrogen-bond acceptors (Lipinski definition) is 3. The number of carbonyl (C=O) groups excluding carboxylic acids is 1. The number of halogens is 1. The maximum atomic E-state index is 10.8. The summed E-state index contributed by atoms with van der Waals surface area (Å²) < 4.78 is 0. The van der Waals surface area contributed by atoms with Gasteiger partial charge in [0.05, 0.1) is 10.7 Å². The smallest absolute Gasteiger partial charge is 0.150 e. The molecule has 0 amide bonds. The molecule has 0 radical (unpaired) electrons. The average Bonchev–Trinajstić information content (AvgIpc) is 2.85. The number of benzene rings is 1. The molecule has 2 atom stereocenters. The lowest BCUT2D eigenvalue weighted by atomic mass is 10.1. The fourth-order valence-corrected chi connectivity index (χ4v) is 3.65. The first-order valence-electron chi connectivity index (χ1n) is 6.94. The Kier molecular flexibility index (Phi) is 3.50. The summed E-state index contributed by atoms with van der Waals surface area (Å²) in [5.74, 6) is 0. The first kappa shape index (κ1) is 12.9. The standard InChI is InChI=1S/C15H19ClN2O/c1-11-8-17-6-2-3-13(17)9-18(11)15-5-4-12(10-19)7-14(15)16/h4-5,7,10-11,13H,2-3,6,8-9H2,1H3. The van der Waals surface area contributed by atoms with E-state index in [9.17, 15) is 4.79 Å². The highest BCUT2D eigenvalue weighted by Gasteiger charge is 2.34. The van der Waals surface area contributed by atoms with Crippen LogP contribution in [-0.4, -0.2) is 42.9 Å². The van der Waals surface area contributed by atoms with Crippen LogP contribution in [0.15, 0.2) is 18.2 Å². The van der Waals surface area contributed by atoms with Gasteiger partial charge in [-0.15, -0.1) is 0 Å². The highest BCUT2D eigenvalue weighted by Crippen LogP contribution is 2.33. The second-order valence-corrected chi connectivity index (χ2v) is 6.03. The molecule has 0 bridgehead atoms. The molecule has 0 aromatic heterocycles. The lowest BCUT2D eigenvalue weighted by Gasteiger charge is -2.44. The third-order valence-corrected chi connectivity index (χ3v) is 4.66. The van der Waals surface area contributed by atoms with Crippen molar-refractivity contribution in [3.05, 3.63) is 28.8 Å². The number of rotatable bonds is 2. The highest BCUT2D eigenvalue weighted by molar-refractivity contribution is 6.33. The molecular weight excluding hydrogens is 260 g/mol. The summed E-state index contributed by atoms with van der Waals surface area (Å²) in [5.41, 5.74) is 1.70. The Morgan fingerprint density at radius 3 is 2.95 bits per heavy atom. The molecule has 3 rings (SSSR count). The summed E-state index contributed by atoms with van der Waals surface area (Å²) in [6, 6.07) is 6.72. The van der Waals surface area contributed by atoms with Crippen molar-refractivity contribution < 1.29 is 4.79 Å². The monoisotopic (exact) mass is 278 g/mol. The molecule has 2 fully saturated rings. The maximum Gasteiger partial charge on any atom is 0.150 e. The molecule has 102 valence electrons. The summed E-state index contributed by atoms with van der Waals surface area (Å²) in [7, 11) is 0. The third kappa shape index (κ3) is 2.37. The van der Waals surface area contributed by atoms with E-state index in [0.717, 1.165) is 25.1 Å². The maximum absolute atomic E-state index is 10.8. The average molecular weight is 279 g/mol. The van der Waals surface area contributed by atoms with Crippen LogP contribution in [-0.2, 0) is 0 Å². The summed E-state index contributed by atoms with van der Waals surface area (Å²) >= 11 is 6.34. The van der Waals surface area contributed by atoms with Crippen LogP contribution in [0.1, 0.15) is 30.1 Å². The summed E-state index contributed by atoms with van der Waals surface area (Å²) in [6.45, 7) is 5.64. The molecule has 19 heavy (non-hydrogen) atoms. The minimum Gasteiger partial charge on any atom is -0.365 e. The van der Waals surface area contributed by atoms with Crippen molar-refractivity contribution in [1.82, 2.24) is 4.90 Å². The summed E-state index contributed by atoms with van der Waals surface area (Å²) in [5, 5.41) is 0.683. The Morgan fingerprint density at radius 1 is 1.37 bits per heavy atom. The lowest BCUT2D eigenvalue weighted by Crippen LogP contribution is -2.55. The number of aldehydes is 1. The van der Waals surface area contributed by atoms with Crippen LogP contribution in [0.3, 0.4) is 0 Å². The van der Waals surface area contributed by atoms with Crippen molar-refractivity contribution in [2.24, 2.45) is 0 Å². The van der Waals surface area contributed by atoms with Gasteiger partial charge in [-0.05, 0) is 44.5 Å². The largest absolute Gasteiger partial charge is 0.365 e. The number of hydrogen-bond donors (Lipinski definition) is 0. The van der Waals surface area contributed by atoms with Gasteiger partial charge in [0, 0.05) is 30.7 Å². The molecule has 1 aromatic rings. The van der Waals surface area contributed by atoms with Gasteiger partial charge in [-0.25, -0.2) is 0 Å². The van der Waals surface area contributed by atoms with Gasteiger partial charge < -0.3 is 4.90 Å². The normalized spacial score (nSPS) is 27.4. The predicted octanol–water partition coefficient (Wildman–Crippen LogP) is 2.83. The summed E-state index contributed by atoms with van der Waals surface area (Å²) in [6.07, 6.45) is 3.43. The minimum absolute atomic E-state index is 0.467. The fraction of sp³-hybridized carbons (Fsp3) is 0.533. The van der Waals surface area contributed by atoms with Crippen molar-refractivity contribution in [2.45, 2.75) is 31.8 Å². The molecule has 2 unspecified atom stereocenters. The highest BCUT2D eigenvalue weighted by atomic mass is 35.5. The molecule has 2 saturated heterocycles. The van der Waals surface area contributed by atoms with Crippen LogP contribution in [0, 0.1) is 0 Å². The van der Waals surface area contributed by atoms with Gasteiger partial charge in [-0.3, -0.25) is 9.69 Å². The zero-order chi connectivity index (χ0) is 13.4. The first-order chi connectivity index (χ1) is 9.19. The van der Waals surface area contributed by atoms with Crippen LogP contribution in [0.4, 0.5) is 5.69 Å². The van der Waals surface area contributed by atoms with Crippen LogP contribution in [0.2, 0.25) is 5.02 Å². The van der Waals surface area contributed by atoms with Crippen molar-refractivity contribution in [2.75, 3.05) is 24.5 Å². The SMILES string of the molecule is CC1CN2CCCC2CN1c1ccc(C=O)cc1Cl. The van der Waals surface area contributed by atoms with Gasteiger partial charge in [0.25, 0.3) is 0 Å². The number of carbonyl (C=O) groups is 1. The van der Waals surface area contributed by atoms with E-state index in [1.54, 1.807) is 6.07 Å². The zero-order valence-electron chi connectivity index (χ0n) is 11.2. The van der Waals surface area contributed by atoms with Crippen LogP contribution >= 0.6 is 11.6 Å². The molecule has 1 aromatic carbocycles. The quantitative estimate of drug-likeness (QED) is 0.777. The molecule has 0 N–H and O–H groups in total. The first-order valence-corrected chi connectivity index (χ1v) is 7.32. The van der Waals surface area contributed by atoms with Gasteiger partial charge in [0.2, 0.25) is 0 Å². The Labute approximate surface area is 119 Å².